The average molecular weight is 263 g/mol. The predicted octanol–water partition coefficient (Wildman–Crippen LogP) is 3.61. The third-order valence-electron chi connectivity index (χ3n) is 3.63. The molecule has 0 saturated heterocycles. The van der Waals surface area contributed by atoms with Crippen LogP contribution in [0.4, 0.5) is 8.78 Å². The molecule has 1 aliphatic rings. The minimum atomic E-state index is -2.35. The monoisotopic (exact) mass is 263 g/mol. The highest BCUT2D eigenvalue weighted by Gasteiger charge is 2.19. The summed E-state index contributed by atoms with van der Waals surface area (Å²) in [7, 11) is 0. The van der Waals surface area contributed by atoms with E-state index in [1.807, 2.05) is 0 Å². The van der Waals surface area contributed by atoms with E-state index in [1.165, 1.54) is 32.1 Å². The molecule has 1 unspecified atom stereocenters. The zero-order valence-corrected chi connectivity index (χ0v) is 11.5. The van der Waals surface area contributed by atoms with Gasteiger partial charge in [-0.25, -0.2) is 8.78 Å². The van der Waals surface area contributed by atoms with Gasteiger partial charge >= 0.3 is 0 Å². The van der Waals surface area contributed by atoms with Gasteiger partial charge in [0.05, 0.1) is 0 Å². The fourth-order valence-corrected chi connectivity index (χ4v) is 2.70. The molecule has 1 aliphatic carbocycles. The van der Waals surface area contributed by atoms with Gasteiger partial charge in [0.1, 0.15) is 6.61 Å². The van der Waals surface area contributed by atoms with Crippen molar-refractivity contribution in [2.24, 2.45) is 5.92 Å². The van der Waals surface area contributed by atoms with Crippen LogP contribution in [0.2, 0.25) is 0 Å². The van der Waals surface area contributed by atoms with E-state index in [-0.39, 0.29) is 0 Å². The average Bonchev–Trinajstić information content (AvgIpc) is 2.83. The number of halogens is 2. The van der Waals surface area contributed by atoms with Crippen molar-refractivity contribution in [2.45, 2.75) is 64.3 Å². The van der Waals surface area contributed by atoms with Gasteiger partial charge in [-0.15, -0.1) is 0 Å². The van der Waals surface area contributed by atoms with Gasteiger partial charge in [-0.05, 0) is 31.7 Å². The van der Waals surface area contributed by atoms with Crippen LogP contribution < -0.4 is 5.32 Å². The van der Waals surface area contributed by atoms with Crippen LogP contribution in [0.5, 0.6) is 0 Å². The van der Waals surface area contributed by atoms with Crippen LogP contribution in [0.1, 0.15) is 51.9 Å². The van der Waals surface area contributed by atoms with Crippen molar-refractivity contribution in [2.75, 3.05) is 19.8 Å². The van der Waals surface area contributed by atoms with Gasteiger partial charge < -0.3 is 10.1 Å². The van der Waals surface area contributed by atoms with Gasteiger partial charge in [0.2, 0.25) is 0 Å². The molecule has 1 atom stereocenters. The van der Waals surface area contributed by atoms with Crippen LogP contribution in [0, 0.1) is 5.92 Å². The van der Waals surface area contributed by atoms with Gasteiger partial charge in [-0.2, -0.15) is 0 Å². The Hall–Kier alpha value is -0.220. The molecule has 1 N–H and O–H groups in total. The largest absolute Gasteiger partial charge is 0.375 e. The second-order valence-corrected chi connectivity index (χ2v) is 5.29. The van der Waals surface area contributed by atoms with E-state index in [0.717, 1.165) is 25.3 Å². The smallest absolute Gasteiger partial charge is 0.261 e. The lowest BCUT2D eigenvalue weighted by atomic mass is 9.96. The van der Waals surface area contributed by atoms with Crippen molar-refractivity contribution in [3.8, 4) is 0 Å². The lowest BCUT2D eigenvalue weighted by Crippen LogP contribution is -2.32. The molecule has 1 fully saturated rings. The second-order valence-electron chi connectivity index (χ2n) is 5.29. The van der Waals surface area contributed by atoms with Crippen molar-refractivity contribution in [3.63, 3.8) is 0 Å². The summed E-state index contributed by atoms with van der Waals surface area (Å²) in [5.74, 6) is 0.828. The third-order valence-corrected chi connectivity index (χ3v) is 3.63. The number of ether oxygens (including phenoxy) is 1. The molecular formula is C14H27F2NO. The molecule has 4 heteroatoms. The number of nitrogens with one attached hydrogen (secondary N) is 1. The molecule has 0 aliphatic heterocycles. The van der Waals surface area contributed by atoms with Crippen molar-refractivity contribution in [3.05, 3.63) is 0 Å². The van der Waals surface area contributed by atoms with Crippen LogP contribution in [-0.4, -0.2) is 32.2 Å². The quantitative estimate of drug-likeness (QED) is 0.608. The highest BCUT2D eigenvalue weighted by Crippen LogP contribution is 2.29. The van der Waals surface area contributed by atoms with Gasteiger partial charge in [-0.1, -0.05) is 32.6 Å². The summed E-state index contributed by atoms with van der Waals surface area (Å²) in [6.45, 7) is 3.17. The molecule has 0 aromatic rings. The maximum atomic E-state index is 11.9. The Balaban J connectivity index is 2.16. The molecule has 0 aromatic heterocycles. The SMILES string of the molecule is CCCNC(CCOCC(F)F)CC1CCCC1. The van der Waals surface area contributed by atoms with Crippen LogP contribution in [0.3, 0.4) is 0 Å². The standard InChI is InChI=1S/C14H27F2NO/c1-2-8-17-13(7-9-18-11-14(15)16)10-12-5-3-4-6-12/h12-14,17H,2-11H2,1H3. The molecule has 1 rings (SSSR count). The predicted molar refractivity (Wildman–Crippen MR) is 70.1 cm³/mol. The number of hydrogen-bond donors (Lipinski definition) is 1. The minimum absolute atomic E-state index is 0.427. The molecule has 2 nitrogen and oxygen atoms in total. The first-order valence-electron chi connectivity index (χ1n) is 7.31. The van der Waals surface area contributed by atoms with Crippen molar-refractivity contribution in [1.29, 1.82) is 0 Å². The van der Waals surface area contributed by atoms with Crippen LogP contribution in [0.25, 0.3) is 0 Å². The highest BCUT2D eigenvalue weighted by atomic mass is 19.3. The van der Waals surface area contributed by atoms with E-state index in [0.29, 0.717) is 12.6 Å². The lowest BCUT2D eigenvalue weighted by Gasteiger charge is -2.22. The molecule has 0 amide bonds. The Kier molecular flexibility index (Phi) is 8.51. The highest BCUT2D eigenvalue weighted by molar-refractivity contribution is 4.75. The third kappa shape index (κ3) is 7.27. The van der Waals surface area contributed by atoms with Crippen LogP contribution in [-0.2, 0) is 4.74 Å². The second kappa shape index (κ2) is 9.68. The van der Waals surface area contributed by atoms with Crippen LogP contribution in [0.15, 0.2) is 0 Å². The Bertz CT molecular complexity index is 196. The first-order valence-corrected chi connectivity index (χ1v) is 7.31. The first kappa shape index (κ1) is 15.8. The molecule has 0 aromatic carbocycles. The summed E-state index contributed by atoms with van der Waals surface area (Å²) in [5, 5.41) is 3.52. The normalized spacial score (nSPS) is 18.7. The van der Waals surface area contributed by atoms with Crippen molar-refractivity contribution in [1.82, 2.24) is 5.32 Å². The zero-order chi connectivity index (χ0) is 13.2. The number of hydrogen-bond acceptors (Lipinski definition) is 2. The summed E-state index contributed by atoms with van der Waals surface area (Å²) in [5.41, 5.74) is 0. The van der Waals surface area contributed by atoms with Gasteiger partial charge in [0.15, 0.2) is 0 Å². The molecule has 0 heterocycles. The van der Waals surface area contributed by atoms with E-state index in [9.17, 15) is 8.78 Å². The number of rotatable bonds is 10. The Morgan fingerprint density at radius 1 is 1.28 bits per heavy atom. The summed E-state index contributed by atoms with van der Waals surface area (Å²) in [6, 6.07) is 0.436. The van der Waals surface area contributed by atoms with Gasteiger partial charge in [-0.3, -0.25) is 0 Å². The van der Waals surface area contributed by atoms with Crippen molar-refractivity contribution >= 4 is 0 Å². The lowest BCUT2D eigenvalue weighted by molar-refractivity contribution is 0.0138. The molecule has 0 radical (unpaired) electrons. The molecule has 0 bridgehead atoms. The van der Waals surface area contributed by atoms with Crippen LogP contribution >= 0.6 is 0 Å². The molecule has 0 spiro atoms. The van der Waals surface area contributed by atoms with Crippen molar-refractivity contribution < 1.29 is 13.5 Å². The molecule has 18 heavy (non-hydrogen) atoms. The Morgan fingerprint density at radius 2 is 2.00 bits per heavy atom. The van der Waals surface area contributed by atoms with Gasteiger partial charge in [0.25, 0.3) is 6.43 Å². The minimum Gasteiger partial charge on any atom is -0.375 e. The van der Waals surface area contributed by atoms with E-state index in [1.54, 1.807) is 0 Å². The number of alkyl halides is 2. The van der Waals surface area contributed by atoms with E-state index in [4.69, 9.17) is 4.74 Å². The molecule has 1 saturated carbocycles. The maximum absolute atomic E-state index is 11.9. The fraction of sp³-hybridized carbons (Fsp3) is 1.00. The summed E-state index contributed by atoms with van der Waals surface area (Å²) >= 11 is 0. The summed E-state index contributed by atoms with van der Waals surface area (Å²) in [6.07, 6.45) is 6.17. The zero-order valence-electron chi connectivity index (χ0n) is 11.5. The van der Waals surface area contributed by atoms with E-state index < -0.39 is 13.0 Å². The van der Waals surface area contributed by atoms with E-state index in [2.05, 4.69) is 12.2 Å². The Labute approximate surface area is 109 Å². The first-order chi connectivity index (χ1) is 8.72. The topological polar surface area (TPSA) is 21.3 Å². The Morgan fingerprint density at radius 3 is 2.61 bits per heavy atom. The van der Waals surface area contributed by atoms with Gasteiger partial charge in [0, 0.05) is 12.6 Å². The summed E-state index contributed by atoms with van der Waals surface area (Å²) < 4.78 is 28.9. The van der Waals surface area contributed by atoms with E-state index >= 15 is 0 Å². The fourth-order valence-electron chi connectivity index (χ4n) is 2.70. The molecular weight excluding hydrogens is 236 g/mol. The maximum Gasteiger partial charge on any atom is 0.261 e. The molecule has 108 valence electrons. The summed E-state index contributed by atoms with van der Waals surface area (Å²) in [4.78, 5) is 0.